The Morgan fingerprint density at radius 2 is 2.40 bits per heavy atom. The first-order valence-electron chi connectivity index (χ1n) is 3.71. The Hall–Kier alpha value is -0.790. The molecule has 0 saturated carbocycles. The average molecular weight is 139 g/mol. The van der Waals surface area contributed by atoms with Gasteiger partial charge < -0.3 is 5.32 Å². The van der Waals surface area contributed by atoms with Gasteiger partial charge in [-0.05, 0) is 19.8 Å². The molecule has 0 spiro atoms. The molecule has 0 unspecified atom stereocenters. The van der Waals surface area contributed by atoms with Crippen LogP contribution in [0.2, 0.25) is 0 Å². The van der Waals surface area contributed by atoms with Gasteiger partial charge in [0.15, 0.2) is 0 Å². The number of carbonyl (C=O) groups excluding carboxylic acids is 1. The highest BCUT2D eigenvalue weighted by atomic mass is 16.1. The zero-order valence-corrected chi connectivity index (χ0v) is 6.31. The average Bonchev–Trinajstić information content (AvgIpc) is 1.90. The van der Waals surface area contributed by atoms with Gasteiger partial charge in [-0.2, -0.15) is 0 Å². The molecule has 0 radical (unpaired) electrons. The maximum atomic E-state index is 10.8. The highest BCUT2D eigenvalue weighted by Crippen LogP contribution is 2.03. The Balaban J connectivity index is 2.46. The summed E-state index contributed by atoms with van der Waals surface area (Å²) in [4.78, 5) is 10.8. The van der Waals surface area contributed by atoms with Crippen LogP contribution in [0.1, 0.15) is 26.2 Å². The van der Waals surface area contributed by atoms with E-state index in [2.05, 4.69) is 11.4 Å². The van der Waals surface area contributed by atoms with Crippen molar-refractivity contribution in [3.63, 3.8) is 0 Å². The summed E-state index contributed by atoms with van der Waals surface area (Å²) in [7, 11) is 0. The molecule has 2 nitrogen and oxygen atoms in total. The number of nitrogens with one attached hydrogen (secondary N) is 1. The van der Waals surface area contributed by atoms with Crippen molar-refractivity contribution in [2.75, 3.05) is 6.54 Å². The third-order valence-corrected chi connectivity index (χ3v) is 1.67. The van der Waals surface area contributed by atoms with Crippen LogP contribution < -0.4 is 5.32 Å². The van der Waals surface area contributed by atoms with Gasteiger partial charge in [-0.3, -0.25) is 4.79 Å². The lowest BCUT2D eigenvalue weighted by atomic mass is 10.1. The van der Waals surface area contributed by atoms with E-state index in [9.17, 15) is 4.79 Å². The predicted octanol–water partition coefficient (Wildman–Crippen LogP) is 1.23. The summed E-state index contributed by atoms with van der Waals surface area (Å²) in [5.74, 6) is 0.187. The van der Waals surface area contributed by atoms with Crippen LogP contribution >= 0.6 is 0 Å². The lowest BCUT2D eigenvalue weighted by Crippen LogP contribution is -2.25. The molecule has 1 rings (SSSR count). The van der Waals surface area contributed by atoms with Crippen LogP contribution in [0, 0.1) is 0 Å². The molecule has 0 aromatic heterocycles. The van der Waals surface area contributed by atoms with Crippen LogP contribution in [0.3, 0.4) is 0 Å². The van der Waals surface area contributed by atoms with Gasteiger partial charge in [-0.1, -0.05) is 11.6 Å². The summed E-state index contributed by atoms with van der Waals surface area (Å²) in [6.07, 6.45) is 4.92. The zero-order chi connectivity index (χ0) is 7.40. The van der Waals surface area contributed by atoms with Gasteiger partial charge in [0.1, 0.15) is 0 Å². The largest absolute Gasteiger partial charge is 0.352 e. The van der Waals surface area contributed by atoms with Crippen LogP contribution in [-0.2, 0) is 4.79 Å². The molecule has 1 aliphatic heterocycles. The van der Waals surface area contributed by atoms with Crippen molar-refractivity contribution in [3.8, 4) is 0 Å². The fraction of sp³-hybridized carbons (Fsp3) is 0.625. The molecule has 0 aromatic rings. The molecule has 2 heteroatoms. The normalized spacial score (nSPS) is 25.7. The monoisotopic (exact) mass is 139 g/mol. The summed E-state index contributed by atoms with van der Waals surface area (Å²) in [6, 6.07) is 0. The SMILES string of the molecule is C/C1=C\CCCC(=O)NC1. The second kappa shape index (κ2) is 3.40. The predicted molar refractivity (Wildman–Crippen MR) is 40.6 cm³/mol. The van der Waals surface area contributed by atoms with Crippen molar-refractivity contribution >= 4 is 5.91 Å². The molecule has 56 valence electrons. The van der Waals surface area contributed by atoms with Crippen LogP contribution in [-0.4, -0.2) is 12.5 Å². The number of carbonyl (C=O) groups is 1. The summed E-state index contributed by atoms with van der Waals surface area (Å²) >= 11 is 0. The Kier molecular flexibility index (Phi) is 2.49. The van der Waals surface area contributed by atoms with E-state index in [4.69, 9.17) is 0 Å². The minimum atomic E-state index is 0.187. The van der Waals surface area contributed by atoms with Gasteiger partial charge in [0.25, 0.3) is 0 Å². The molecule has 0 aromatic carbocycles. The highest BCUT2D eigenvalue weighted by Gasteiger charge is 2.02. The molecule has 0 fully saturated rings. The first-order chi connectivity index (χ1) is 4.79. The molecule has 0 bridgehead atoms. The van der Waals surface area contributed by atoms with Crippen molar-refractivity contribution < 1.29 is 4.79 Å². The van der Waals surface area contributed by atoms with Gasteiger partial charge in [-0.25, -0.2) is 0 Å². The van der Waals surface area contributed by atoms with Gasteiger partial charge >= 0.3 is 0 Å². The van der Waals surface area contributed by atoms with Gasteiger partial charge in [0, 0.05) is 13.0 Å². The van der Waals surface area contributed by atoms with E-state index in [0.717, 1.165) is 19.4 Å². The minimum Gasteiger partial charge on any atom is -0.352 e. The molecule has 1 aliphatic rings. The number of amides is 1. The van der Waals surface area contributed by atoms with E-state index >= 15 is 0 Å². The molecular weight excluding hydrogens is 126 g/mol. The number of rotatable bonds is 0. The first-order valence-corrected chi connectivity index (χ1v) is 3.71. The van der Waals surface area contributed by atoms with Crippen LogP contribution in [0.25, 0.3) is 0 Å². The highest BCUT2D eigenvalue weighted by molar-refractivity contribution is 5.76. The van der Waals surface area contributed by atoms with Crippen molar-refractivity contribution in [1.29, 1.82) is 0 Å². The maximum Gasteiger partial charge on any atom is 0.220 e. The van der Waals surface area contributed by atoms with E-state index in [1.165, 1.54) is 5.57 Å². The summed E-state index contributed by atoms with van der Waals surface area (Å²) < 4.78 is 0. The molecule has 1 N–H and O–H groups in total. The van der Waals surface area contributed by atoms with E-state index in [1.54, 1.807) is 0 Å². The smallest absolute Gasteiger partial charge is 0.220 e. The van der Waals surface area contributed by atoms with Crippen LogP contribution in [0.4, 0.5) is 0 Å². The molecule has 10 heavy (non-hydrogen) atoms. The van der Waals surface area contributed by atoms with Crippen molar-refractivity contribution in [1.82, 2.24) is 5.32 Å². The summed E-state index contributed by atoms with van der Waals surface area (Å²) in [5, 5.41) is 2.83. The Bertz CT molecular complexity index is 161. The standard InChI is InChI=1S/C8H13NO/c1-7-4-2-3-5-8(10)9-6-7/h4H,2-3,5-6H2,1H3,(H,9,10)/b7-4+. The van der Waals surface area contributed by atoms with Crippen LogP contribution in [0.15, 0.2) is 11.6 Å². The van der Waals surface area contributed by atoms with Crippen molar-refractivity contribution in [2.45, 2.75) is 26.2 Å². The molecule has 1 amide bonds. The van der Waals surface area contributed by atoms with Crippen molar-refractivity contribution in [3.05, 3.63) is 11.6 Å². The van der Waals surface area contributed by atoms with E-state index in [0.29, 0.717) is 6.42 Å². The second-order valence-corrected chi connectivity index (χ2v) is 2.72. The number of hydrogen-bond acceptors (Lipinski definition) is 1. The van der Waals surface area contributed by atoms with Crippen LogP contribution in [0.5, 0.6) is 0 Å². The quantitative estimate of drug-likeness (QED) is 0.502. The van der Waals surface area contributed by atoms with Gasteiger partial charge in [0.2, 0.25) is 5.91 Å². The maximum absolute atomic E-state index is 10.8. The molecule has 0 aliphatic carbocycles. The number of hydrogen-bond donors (Lipinski definition) is 1. The Morgan fingerprint density at radius 1 is 1.60 bits per heavy atom. The van der Waals surface area contributed by atoms with E-state index in [-0.39, 0.29) is 5.91 Å². The van der Waals surface area contributed by atoms with Gasteiger partial charge in [0.05, 0.1) is 0 Å². The zero-order valence-electron chi connectivity index (χ0n) is 6.31. The lowest BCUT2D eigenvalue weighted by Gasteiger charge is -2.08. The number of allylic oxidation sites excluding steroid dienone is 1. The Labute approximate surface area is 61.3 Å². The third-order valence-electron chi connectivity index (χ3n) is 1.67. The van der Waals surface area contributed by atoms with E-state index in [1.807, 2.05) is 6.92 Å². The van der Waals surface area contributed by atoms with Crippen molar-refractivity contribution in [2.24, 2.45) is 0 Å². The second-order valence-electron chi connectivity index (χ2n) is 2.72. The fourth-order valence-corrected chi connectivity index (χ4v) is 1.01. The molecular formula is C8H13NO. The Morgan fingerprint density at radius 3 is 3.20 bits per heavy atom. The van der Waals surface area contributed by atoms with E-state index < -0.39 is 0 Å². The molecule has 1 heterocycles. The first kappa shape index (κ1) is 7.32. The molecule has 0 atom stereocenters. The lowest BCUT2D eigenvalue weighted by molar-refractivity contribution is -0.121. The summed E-state index contributed by atoms with van der Waals surface area (Å²) in [5.41, 5.74) is 1.27. The third kappa shape index (κ3) is 2.21. The topological polar surface area (TPSA) is 29.1 Å². The fourth-order valence-electron chi connectivity index (χ4n) is 1.01. The molecule has 0 saturated heterocycles. The summed E-state index contributed by atoms with van der Waals surface area (Å²) in [6.45, 7) is 2.78. The minimum absolute atomic E-state index is 0.187. The van der Waals surface area contributed by atoms with Gasteiger partial charge in [-0.15, -0.1) is 0 Å².